The Balaban J connectivity index is 0.000000142. The molecule has 2 aromatic heterocycles. The van der Waals surface area contributed by atoms with Crippen LogP contribution in [0.4, 0.5) is 0 Å². The Hall–Kier alpha value is -2.50. The van der Waals surface area contributed by atoms with Gasteiger partial charge in [0.2, 0.25) is 0 Å². The summed E-state index contributed by atoms with van der Waals surface area (Å²) in [5.41, 5.74) is 6.59. The molecular formula is C28H38N2O4. The van der Waals surface area contributed by atoms with E-state index in [1.165, 1.54) is 48.2 Å². The molecule has 2 aromatic rings. The van der Waals surface area contributed by atoms with Gasteiger partial charge in [0, 0.05) is 11.4 Å². The summed E-state index contributed by atoms with van der Waals surface area (Å²) in [6, 6.07) is 4.04. The lowest BCUT2D eigenvalue weighted by atomic mass is 10.1. The van der Waals surface area contributed by atoms with Crippen molar-refractivity contribution < 1.29 is 19.1 Å². The van der Waals surface area contributed by atoms with E-state index in [-0.39, 0.29) is 11.9 Å². The number of aromatic nitrogens is 2. The monoisotopic (exact) mass is 466 g/mol. The van der Waals surface area contributed by atoms with Crippen LogP contribution in [-0.4, -0.2) is 35.1 Å². The van der Waals surface area contributed by atoms with E-state index in [2.05, 4.69) is 23.8 Å². The first-order chi connectivity index (χ1) is 16.5. The Morgan fingerprint density at radius 1 is 0.765 bits per heavy atom. The summed E-state index contributed by atoms with van der Waals surface area (Å²) in [5, 5.41) is 0. The predicted octanol–water partition coefficient (Wildman–Crippen LogP) is 5.75. The van der Waals surface area contributed by atoms with Gasteiger partial charge in [-0.2, -0.15) is 0 Å². The number of nitrogens with one attached hydrogen (secondary N) is 2. The summed E-state index contributed by atoms with van der Waals surface area (Å²) in [7, 11) is 0. The number of ether oxygens (including phenoxy) is 2. The van der Waals surface area contributed by atoms with Gasteiger partial charge in [-0.25, -0.2) is 9.59 Å². The van der Waals surface area contributed by atoms with E-state index in [4.69, 9.17) is 9.47 Å². The van der Waals surface area contributed by atoms with E-state index in [1.54, 1.807) is 0 Å². The lowest BCUT2D eigenvalue weighted by molar-refractivity contribution is 0.0510. The minimum atomic E-state index is -0.217. The van der Waals surface area contributed by atoms with Gasteiger partial charge >= 0.3 is 11.9 Å². The van der Waals surface area contributed by atoms with Crippen molar-refractivity contribution in [3.8, 4) is 0 Å². The van der Waals surface area contributed by atoms with Gasteiger partial charge in [-0.05, 0) is 98.3 Å². The lowest BCUT2D eigenvalue weighted by Gasteiger charge is -2.00. The van der Waals surface area contributed by atoms with E-state index < -0.39 is 0 Å². The highest BCUT2D eigenvalue weighted by molar-refractivity contribution is 5.88. The Morgan fingerprint density at radius 2 is 1.18 bits per heavy atom. The maximum absolute atomic E-state index is 11.6. The van der Waals surface area contributed by atoms with E-state index >= 15 is 0 Å². The molecule has 4 aliphatic carbocycles. The highest BCUT2D eigenvalue weighted by atomic mass is 16.5. The molecule has 0 aromatic carbocycles. The first kappa shape index (κ1) is 23.3. The zero-order valence-electron chi connectivity index (χ0n) is 20.9. The molecule has 184 valence electrons. The van der Waals surface area contributed by atoms with Crippen molar-refractivity contribution in [1.29, 1.82) is 0 Å². The summed E-state index contributed by atoms with van der Waals surface area (Å²) < 4.78 is 10.0. The molecule has 0 saturated heterocycles. The molecule has 6 heteroatoms. The fourth-order valence-corrected chi connectivity index (χ4v) is 6.89. The molecule has 0 radical (unpaired) electrons. The molecule has 0 unspecified atom stereocenters. The third kappa shape index (κ3) is 3.99. The van der Waals surface area contributed by atoms with Crippen LogP contribution in [0, 0.1) is 23.7 Å². The summed E-state index contributed by atoms with van der Waals surface area (Å²) in [6.45, 7) is 9.04. The zero-order valence-corrected chi connectivity index (χ0v) is 20.9. The van der Waals surface area contributed by atoms with E-state index in [0.29, 0.717) is 24.6 Å². The molecule has 0 amide bonds. The molecule has 2 fully saturated rings. The highest BCUT2D eigenvalue weighted by Gasteiger charge is 2.56. The molecule has 2 saturated carbocycles. The third-order valence-electron chi connectivity index (χ3n) is 8.36. The van der Waals surface area contributed by atoms with E-state index in [1.807, 2.05) is 26.0 Å². The number of fused-ring (bicyclic) bond motifs is 6. The fourth-order valence-electron chi connectivity index (χ4n) is 6.89. The quantitative estimate of drug-likeness (QED) is 0.485. The smallest absolute Gasteiger partial charge is 0.354 e. The van der Waals surface area contributed by atoms with Crippen LogP contribution < -0.4 is 0 Å². The number of H-pyrrole nitrogens is 2. The van der Waals surface area contributed by atoms with Crippen LogP contribution in [0.25, 0.3) is 0 Å². The van der Waals surface area contributed by atoms with Crippen molar-refractivity contribution >= 4 is 11.9 Å². The van der Waals surface area contributed by atoms with Gasteiger partial charge < -0.3 is 19.4 Å². The molecule has 0 spiro atoms. The van der Waals surface area contributed by atoms with Crippen LogP contribution in [-0.2, 0) is 22.3 Å². The second-order valence-electron chi connectivity index (χ2n) is 10.4. The molecule has 6 rings (SSSR count). The van der Waals surface area contributed by atoms with Gasteiger partial charge in [-0.3, -0.25) is 0 Å². The molecule has 0 bridgehead atoms. The number of hydrogen-bond acceptors (Lipinski definition) is 4. The Labute approximate surface area is 202 Å². The first-order valence-electron chi connectivity index (χ1n) is 13.3. The Morgan fingerprint density at radius 3 is 1.53 bits per heavy atom. The van der Waals surface area contributed by atoms with Crippen molar-refractivity contribution in [2.24, 2.45) is 23.7 Å². The van der Waals surface area contributed by atoms with E-state index in [9.17, 15) is 9.59 Å². The number of esters is 2. The molecule has 6 nitrogen and oxygen atoms in total. The second kappa shape index (κ2) is 9.27. The number of hydrogen-bond donors (Lipinski definition) is 2. The van der Waals surface area contributed by atoms with Crippen molar-refractivity contribution in [2.75, 3.05) is 13.2 Å². The summed E-state index contributed by atoms with van der Waals surface area (Å²) in [5.74, 6) is 4.47. The first-order valence-corrected chi connectivity index (χ1v) is 13.3. The van der Waals surface area contributed by atoms with Gasteiger partial charge in [0.05, 0.1) is 13.2 Å². The van der Waals surface area contributed by atoms with Crippen LogP contribution in [0.15, 0.2) is 12.1 Å². The highest BCUT2D eigenvalue weighted by Crippen LogP contribution is 2.64. The van der Waals surface area contributed by atoms with Crippen LogP contribution in [0.1, 0.15) is 109 Å². The SMILES string of the molecule is CCC[C@@H]1[C@H]2Cc3[nH]c(C(=O)OCC)cc3[C@@H]12.CCC[C@H]1[C@H]2Cc3[nH]c(C(=O)OCC)cc3[C@H]21. The molecule has 4 aliphatic rings. The number of carbonyl (C=O) groups is 2. The molecular weight excluding hydrogens is 428 g/mol. The molecule has 6 atom stereocenters. The summed E-state index contributed by atoms with van der Waals surface area (Å²) >= 11 is 0. The van der Waals surface area contributed by atoms with Gasteiger partial charge in [0.1, 0.15) is 11.4 Å². The van der Waals surface area contributed by atoms with Crippen molar-refractivity contribution in [3.05, 3.63) is 46.0 Å². The van der Waals surface area contributed by atoms with Crippen LogP contribution >= 0.6 is 0 Å². The van der Waals surface area contributed by atoms with Gasteiger partial charge in [-0.15, -0.1) is 0 Å². The van der Waals surface area contributed by atoms with Crippen molar-refractivity contribution in [3.63, 3.8) is 0 Å². The van der Waals surface area contributed by atoms with Gasteiger partial charge in [0.25, 0.3) is 0 Å². The van der Waals surface area contributed by atoms with Crippen LogP contribution in [0.2, 0.25) is 0 Å². The minimum absolute atomic E-state index is 0.217. The Kier molecular flexibility index (Phi) is 6.34. The number of carbonyl (C=O) groups excluding carboxylic acids is 2. The fraction of sp³-hybridized carbons (Fsp3) is 0.643. The molecule has 2 heterocycles. The zero-order chi connectivity index (χ0) is 24.0. The third-order valence-corrected chi connectivity index (χ3v) is 8.36. The Bertz CT molecular complexity index is 982. The van der Waals surface area contributed by atoms with Crippen LogP contribution in [0.5, 0.6) is 0 Å². The average molecular weight is 467 g/mol. The van der Waals surface area contributed by atoms with Crippen LogP contribution in [0.3, 0.4) is 0 Å². The average Bonchev–Trinajstić information content (AvgIpc) is 3.32. The number of rotatable bonds is 8. The summed E-state index contributed by atoms with van der Waals surface area (Å²) in [4.78, 5) is 29.7. The topological polar surface area (TPSA) is 84.2 Å². The van der Waals surface area contributed by atoms with Gasteiger partial charge in [-0.1, -0.05) is 26.7 Å². The standard InChI is InChI=1S/2C14H19NO2/c2*1-3-5-8-9-6-11-10(13(8)9)7-12(15-11)14(16)17-4-2/h2*7-9,13,15H,3-6H2,1-2H3/t8-,9+,13-;8-,9-,13+/m01/s1. The second-order valence-corrected chi connectivity index (χ2v) is 10.4. The lowest BCUT2D eigenvalue weighted by Crippen LogP contribution is -2.05. The van der Waals surface area contributed by atoms with Crippen molar-refractivity contribution in [1.82, 2.24) is 9.97 Å². The molecule has 0 aliphatic heterocycles. The van der Waals surface area contributed by atoms with Gasteiger partial charge in [0.15, 0.2) is 0 Å². The maximum atomic E-state index is 11.6. The summed E-state index contributed by atoms with van der Waals surface area (Å²) in [6.07, 6.45) is 7.45. The largest absolute Gasteiger partial charge is 0.461 e. The van der Waals surface area contributed by atoms with Crippen molar-refractivity contribution in [2.45, 2.75) is 78.1 Å². The molecule has 34 heavy (non-hydrogen) atoms. The van der Waals surface area contributed by atoms with E-state index in [0.717, 1.165) is 48.3 Å². The normalized spacial score (nSPS) is 28.7. The minimum Gasteiger partial charge on any atom is -0.461 e. The maximum Gasteiger partial charge on any atom is 0.354 e. The molecule has 2 N–H and O–H groups in total. The predicted molar refractivity (Wildman–Crippen MR) is 130 cm³/mol. The number of aromatic amines is 2.